The fourth-order valence-corrected chi connectivity index (χ4v) is 2.00. The van der Waals surface area contributed by atoms with Gasteiger partial charge in [0.15, 0.2) is 0 Å². The van der Waals surface area contributed by atoms with Crippen molar-refractivity contribution in [3.63, 3.8) is 0 Å². The molecule has 1 aromatic carbocycles. The maximum absolute atomic E-state index is 11.8. The molecule has 0 aliphatic carbocycles. The molecule has 1 rings (SSSR count). The molecule has 1 aromatic rings. The number of carbonyl (C=O) groups excluding carboxylic acids is 1. The van der Waals surface area contributed by atoms with E-state index in [2.05, 4.69) is 26.6 Å². The molecule has 19 heavy (non-hydrogen) atoms. The van der Waals surface area contributed by atoms with Gasteiger partial charge in [0.05, 0.1) is 11.3 Å². The van der Waals surface area contributed by atoms with Crippen molar-refractivity contribution in [1.29, 1.82) is 0 Å². The average Bonchev–Trinajstić information content (AvgIpc) is 2.35. The molecule has 0 aliphatic heterocycles. The summed E-state index contributed by atoms with van der Waals surface area (Å²) in [7, 11) is 0. The molecule has 0 aliphatic rings. The maximum Gasteiger partial charge on any atom is 0.337 e. The van der Waals surface area contributed by atoms with E-state index in [0.717, 1.165) is 12.8 Å². The van der Waals surface area contributed by atoms with Crippen LogP contribution in [0.15, 0.2) is 22.7 Å². The zero-order valence-electron chi connectivity index (χ0n) is 10.9. The van der Waals surface area contributed by atoms with E-state index >= 15 is 0 Å². The van der Waals surface area contributed by atoms with E-state index in [0.29, 0.717) is 4.47 Å². The Morgan fingerprint density at radius 1 is 1.32 bits per heavy atom. The molecule has 0 saturated carbocycles. The normalized spacial score (nSPS) is 10.3. The van der Waals surface area contributed by atoms with Crippen LogP contribution < -0.4 is 10.6 Å². The minimum atomic E-state index is -1.08. The van der Waals surface area contributed by atoms with Crippen molar-refractivity contribution in [3.8, 4) is 0 Å². The van der Waals surface area contributed by atoms with Crippen molar-refractivity contribution < 1.29 is 14.7 Å². The van der Waals surface area contributed by atoms with Crippen molar-refractivity contribution >= 4 is 33.6 Å². The molecule has 5 nitrogen and oxygen atoms in total. The van der Waals surface area contributed by atoms with E-state index in [1.165, 1.54) is 6.07 Å². The minimum Gasteiger partial charge on any atom is -0.478 e. The van der Waals surface area contributed by atoms with Crippen LogP contribution in [0.25, 0.3) is 0 Å². The van der Waals surface area contributed by atoms with Gasteiger partial charge < -0.3 is 15.7 Å². The quantitative estimate of drug-likeness (QED) is 0.774. The molecule has 0 bridgehead atoms. The van der Waals surface area contributed by atoms with Crippen molar-refractivity contribution in [3.05, 3.63) is 28.2 Å². The zero-order valence-corrected chi connectivity index (χ0v) is 12.5. The topological polar surface area (TPSA) is 78.4 Å². The summed E-state index contributed by atoms with van der Waals surface area (Å²) in [5, 5.41) is 14.4. The Morgan fingerprint density at radius 2 is 1.95 bits per heavy atom. The number of carboxylic acid groups (broad SMARTS) is 1. The summed E-state index contributed by atoms with van der Waals surface area (Å²) in [6, 6.07) is 4.32. The first-order valence-electron chi connectivity index (χ1n) is 6.08. The lowest BCUT2D eigenvalue weighted by Gasteiger charge is -2.16. The summed E-state index contributed by atoms with van der Waals surface area (Å²) >= 11 is 3.25. The van der Waals surface area contributed by atoms with Gasteiger partial charge in [0.1, 0.15) is 0 Å². The number of rotatable bonds is 5. The predicted molar refractivity (Wildman–Crippen MR) is 77.6 cm³/mol. The average molecular weight is 329 g/mol. The van der Waals surface area contributed by atoms with E-state index in [9.17, 15) is 9.59 Å². The summed E-state index contributed by atoms with van der Waals surface area (Å²) in [5.41, 5.74) is 0.327. The Labute approximate surface area is 120 Å². The largest absolute Gasteiger partial charge is 0.478 e. The number of amides is 2. The molecule has 0 radical (unpaired) electrons. The molecular weight excluding hydrogens is 312 g/mol. The molecule has 0 aromatic heterocycles. The molecule has 0 heterocycles. The first-order chi connectivity index (χ1) is 8.97. The van der Waals surface area contributed by atoms with Crippen molar-refractivity contribution in [2.75, 3.05) is 5.32 Å². The summed E-state index contributed by atoms with van der Waals surface area (Å²) < 4.78 is 0.704. The molecule has 6 heteroatoms. The Hall–Kier alpha value is -1.56. The first-order valence-corrected chi connectivity index (χ1v) is 6.87. The van der Waals surface area contributed by atoms with Crippen LogP contribution >= 0.6 is 15.9 Å². The number of nitrogens with one attached hydrogen (secondary N) is 2. The van der Waals surface area contributed by atoms with Crippen LogP contribution in [0, 0.1) is 0 Å². The molecule has 0 saturated heterocycles. The van der Waals surface area contributed by atoms with E-state index in [1.54, 1.807) is 12.1 Å². The summed E-state index contributed by atoms with van der Waals surface area (Å²) in [4.78, 5) is 22.9. The lowest BCUT2D eigenvalue weighted by Crippen LogP contribution is -2.37. The highest BCUT2D eigenvalue weighted by atomic mass is 79.9. The van der Waals surface area contributed by atoms with Crippen LogP contribution in [0.3, 0.4) is 0 Å². The van der Waals surface area contributed by atoms with Crippen LogP contribution in [-0.2, 0) is 0 Å². The van der Waals surface area contributed by atoms with Crippen LogP contribution in [0.5, 0.6) is 0 Å². The first kappa shape index (κ1) is 15.5. The van der Waals surface area contributed by atoms with Gasteiger partial charge in [-0.05, 0) is 31.0 Å². The van der Waals surface area contributed by atoms with Gasteiger partial charge in [-0.25, -0.2) is 9.59 Å². The zero-order chi connectivity index (χ0) is 14.4. The van der Waals surface area contributed by atoms with Crippen LogP contribution in [0.1, 0.15) is 37.0 Å². The van der Waals surface area contributed by atoms with E-state index in [1.807, 2.05) is 13.8 Å². The lowest BCUT2D eigenvalue weighted by atomic mass is 10.1. The Bertz CT molecular complexity index is 473. The van der Waals surface area contributed by atoms with Crippen LogP contribution in [-0.4, -0.2) is 23.1 Å². The number of halogens is 1. The highest BCUT2D eigenvalue weighted by Crippen LogP contribution is 2.21. The molecule has 0 fully saturated rings. The Kier molecular flexibility index (Phi) is 5.82. The van der Waals surface area contributed by atoms with Crippen molar-refractivity contribution in [1.82, 2.24) is 5.32 Å². The van der Waals surface area contributed by atoms with Gasteiger partial charge in [-0.15, -0.1) is 0 Å². The van der Waals surface area contributed by atoms with E-state index in [-0.39, 0.29) is 17.3 Å². The van der Waals surface area contributed by atoms with Gasteiger partial charge in [-0.2, -0.15) is 0 Å². The van der Waals surface area contributed by atoms with Crippen LogP contribution in [0.4, 0.5) is 10.5 Å². The lowest BCUT2D eigenvalue weighted by molar-refractivity contribution is 0.0698. The Balaban J connectivity index is 2.83. The second-order valence-electron chi connectivity index (χ2n) is 4.11. The monoisotopic (exact) mass is 328 g/mol. The molecular formula is C13H17BrN2O3. The summed E-state index contributed by atoms with van der Waals surface area (Å²) in [6.45, 7) is 3.96. The molecule has 0 spiro atoms. The molecule has 0 atom stereocenters. The predicted octanol–water partition coefficient (Wildman–Crippen LogP) is 3.46. The third-order valence-corrected chi connectivity index (χ3v) is 3.27. The number of hydrogen-bond acceptors (Lipinski definition) is 2. The third-order valence-electron chi connectivity index (χ3n) is 2.78. The van der Waals surface area contributed by atoms with Gasteiger partial charge >= 0.3 is 12.0 Å². The molecule has 2 amide bonds. The third kappa shape index (κ3) is 4.55. The number of anilines is 1. The van der Waals surface area contributed by atoms with Gasteiger partial charge in [0, 0.05) is 10.5 Å². The van der Waals surface area contributed by atoms with E-state index in [4.69, 9.17) is 5.11 Å². The number of benzene rings is 1. The number of carbonyl (C=O) groups is 2. The standard InChI is InChI=1S/C13H17BrN2O3/c1-3-9(4-2)15-13(19)16-11-7-8(14)5-6-10(11)12(17)18/h5-7,9H,3-4H2,1-2H3,(H,17,18)(H2,15,16,19). The SMILES string of the molecule is CCC(CC)NC(=O)Nc1cc(Br)ccc1C(=O)O. The second kappa shape index (κ2) is 7.13. The molecule has 0 unspecified atom stereocenters. The fraction of sp³-hybridized carbons (Fsp3) is 0.385. The van der Waals surface area contributed by atoms with Gasteiger partial charge in [-0.3, -0.25) is 0 Å². The van der Waals surface area contributed by atoms with Gasteiger partial charge in [-0.1, -0.05) is 29.8 Å². The number of carboxylic acids is 1. The van der Waals surface area contributed by atoms with E-state index < -0.39 is 12.0 Å². The van der Waals surface area contributed by atoms with Gasteiger partial charge in [0.25, 0.3) is 0 Å². The highest BCUT2D eigenvalue weighted by molar-refractivity contribution is 9.10. The summed E-state index contributed by atoms with van der Waals surface area (Å²) in [5.74, 6) is -1.08. The minimum absolute atomic E-state index is 0.0582. The highest BCUT2D eigenvalue weighted by Gasteiger charge is 2.14. The fourth-order valence-electron chi connectivity index (χ4n) is 1.64. The summed E-state index contributed by atoms with van der Waals surface area (Å²) in [6.07, 6.45) is 1.66. The second-order valence-corrected chi connectivity index (χ2v) is 5.02. The number of urea groups is 1. The van der Waals surface area contributed by atoms with Crippen molar-refractivity contribution in [2.24, 2.45) is 0 Å². The Morgan fingerprint density at radius 3 is 2.47 bits per heavy atom. The molecule has 104 valence electrons. The number of hydrogen-bond donors (Lipinski definition) is 3. The molecule has 3 N–H and O–H groups in total. The van der Waals surface area contributed by atoms with Crippen molar-refractivity contribution in [2.45, 2.75) is 32.7 Å². The maximum atomic E-state index is 11.8. The smallest absolute Gasteiger partial charge is 0.337 e. The van der Waals surface area contributed by atoms with Crippen LogP contribution in [0.2, 0.25) is 0 Å². The van der Waals surface area contributed by atoms with Gasteiger partial charge in [0.2, 0.25) is 0 Å². The number of aromatic carboxylic acids is 1.